The van der Waals surface area contributed by atoms with E-state index in [-0.39, 0.29) is 12.0 Å². The molecule has 0 radical (unpaired) electrons. The van der Waals surface area contributed by atoms with Crippen LogP contribution in [-0.2, 0) is 16.1 Å². The van der Waals surface area contributed by atoms with Gasteiger partial charge in [0.1, 0.15) is 12.4 Å². The number of esters is 1. The average molecular weight is 382 g/mol. The average Bonchev–Trinajstić information content (AvgIpc) is 2.70. The molecule has 0 amide bonds. The van der Waals surface area contributed by atoms with Crippen molar-refractivity contribution in [3.05, 3.63) is 77.0 Å². The van der Waals surface area contributed by atoms with Crippen LogP contribution in [0.5, 0.6) is 5.75 Å². The minimum absolute atomic E-state index is 0.380. The lowest BCUT2D eigenvalue weighted by atomic mass is 9.95. The minimum atomic E-state index is -0.388. The zero-order chi connectivity index (χ0) is 19.4. The van der Waals surface area contributed by atoms with Crippen molar-refractivity contribution in [3.8, 4) is 5.75 Å². The van der Waals surface area contributed by atoms with E-state index in [4.69, 9.17) is 21.7 Å². The van der Waals surface area contributed by atoms with E-state index < -0.39 is 0 Å². The molecule has 1 heterocycles. The SMILES string of the molecule is COC(=O)C1=C(C)N(C)C(=S)NC1c1cccc(OCc2ccccc2)c1. The number of thiocarbonyl (C=S) groups is 1. The summed E-state index contributed by atoms with van der Waals surface area (Å²) in [7, 11) is 3.20. The molecule has 27 heavy (non-hydrogen) atoms. The highest BCUT2D eigenvalue weighted by Gasteiger charge is 2.33. The largest absolute Gasteiger partial charge is 0.489 e. The highest BCUT2D eigenvalue weighted by Crippen LogP contribution is 2.32. The number of carbonyl (C=O) groups is 1. The molecule has 3 rings (SSSR count). The lowest BCUT2D eigenvalue weighted by Gasteiger charge is -2.35. The third-order valence-corrected chi connectivity index (χ3v) is 4.99. The Kier molecular flexibility index (Phi) is 5.76. The van der Waals surface area contributed by atoms with Gasteiger partial charge < -0.3 is 19.7 Å². The molecular formula is C21H22N2O3S. The molecule has 0 fully saturated rings. The smallest absolute Gasteiger partial charge is 0.337 e. The number of rotatable bonds is 5. The summed E-state index contributed by atoms with van der Waals surface area (Å²) in [5.74, 6) is 0.347. The van der Waals surface area contributed by atoms with Crippen LogP contribution in [0.2, 0.25) is 0 Å². The quantitative estimate of drug-likeness (QED) is 0.630. The Morgan fingerprint density at radius 1 is 1.19 bits per heavy atom. The van der Waals surface area contributed by atoms with Crippen LogP contribution in [0, 0.1) is 0 Å². The Balaban J connectivity index is 1.88. The molecule has 5 nitrogen and oxygen atoms in total. The minimum Gasteiger partial charge on any atom is -0.489 e. The number of ether oxygens (including phenoxy) is 2. The first-order valence-electron chi connectivity index (χ1n) is 8.61. The second kappa shape index (κ2) is 8.22. The van der Waals surface area contributed by atoms with Gasteiger partial charge in [-0.1, -0.05) is 42.5 Å². The van der Waals surface area contributed by atoms with Crippen LogP contribution < -0.4 is 10.1 Å². The molecular weight excluding hydrogens is 360 g/mol. The first-order valence-corrected chi connectivity index (χ1v) is 9.02. The second-order valence-corrected chi connectivity index (χ2v) is 6.67. The maximum atomic E-state index is 12.4. The number of nitrogens with one attached hydrogen (secondary N) is 1. The first kappa shape index (κ1) is 18.9. The highest BCUT2D eigenvalue weighted by atomic mass is 32.1. The van der Waals surface area contributed by atoms with Crippen molar-refractivity contribution in [3.63, 3.8) is 0 Å². The fourth-order valence-electron chi connectivity index (χ4n) is 2.98. The van der Waals surface area contributed by atoms with Gasteiger partial charge in [0.05, 0.1) is 18.7 Å². The van der Waals surface area contributed by atoms with Crippen LogP contribution in [0.1, 0.15) is 24.1 Å². The molecule has 2 aromatic rings. The maximum Gasteiger partial charge on any atom is 0.337 e. The van der Waals surface area contributed by atoms with Crippen LogP contribution in [0.25, 0.3) is 0 Å². The van der Waals surface area contributed by atoms with Gasteiger partial charge in [-0.3, -0.25) is 0 Å². The van der Waals surface area contributed by atoms with Crippen LogP contribution >= 0.6 is 12.2 Å². The summed E-state index contributed by atoms with van der Waals surface area (Å²) >= 11 is 5.40. The zero-order valence-electron chi connectivity index (χ0n) is 15.6. The van der Waals surface area contributed by atoms with Crippen LogP contribution in [0.4, 0.5) is 0 Å². The first-order chi connectivity index (χ1) is 13.0. The van der Waals surface area contributed by atoms with Gasteiger partial charge in [-0.2, -0.15) is 0 Å². The Hall–Kier alpha value is -2.86. The normalized spacial score (nSPS) is 16.8. The third kappa shape index (κ3) is 4.11. The summed E-state index contributed by atoms with van der Waals surface area (Å²) in [5, 5.41) is 3.78. The van der Waals surface area contributed by atoms with Gasteiger partial charge in [0.15, 0.2) is 5.11 Å². The molecule has 0 saturated carbocycles. The van der Waals surface area contributed by atoms with Gasteiger partial charge in [-0.05, 0) is 42.4 Å². The van der Waals surface area contributed by atoms with E-state index in [0.717, 1.165) is 22.6 Å². The number of hydrogen-bond donors (Lipinski definition) is 1. The lowest BCUT2D eigenvalue weighted by Crippen LogP contribution is -2.46. The summed E-state index contributed by atoms with van der Waals surface area (Å²) in [6, 6.07) is 17.2. The van der Waals surface area contributed by atoms with Crippen molar-refractivity contribution in [1.82, 2.24) is 10.2 Å². The monoisotopic (exact) mass is 382 g/mol. The molecule has 0 aromatic heterocycles. The fourth-order valence-corrected chi connectivity index (χ4v) is 3.24. The van der Waals surface area contributed by atoms with E-state index in [1.165, 1.54) is 7.11 Å². The highest BCUT2D eigenvalue weighted by molar-refractivity contribution is 7.80. The predicted octanol–water partition coefficient (Wildman–Crippen LogP) is 3.57. The van der Waals surface area contributed by atoms with E-state index in [9.17, 15) is 4.79 Å². The molecule has 6 heteroatoms. The summed E-state index contributed by atoms with van der Waals surface area (Å²) in [4.78, 5) is 14.2. The molecule has 0 bridgehead atoms. The molecule has 1 unspecified atom stereocenters. The van der Waals surface area contributed by atoms with Crippen LogP contribution in [0.3, 0.4) is 0 Å². The van der Waals surface area contributed by atoms with Crippen molar-refractivity contribution < 1.29 is 14.3 Å². The number of methoxy groups -OCH3 is 1. The zero-order valence-corrected chi connectivity index (χ0v) is 16.4. The van der Waals surface area contributed by atoms with Crippen molar-refractivity contribution >= 4 is 23.3 Å². The number of carbonyl (C=O) groups excluding carboxylic acids is 1. The lowest BCUT2D eigenvalue weighted by molar-refractivity contribution is -0.136. The van der Waals surface area contributed by atoms with E-state index in [0.29, 0.717) is 17.3 Å². The van der Waals surface area contributed by atoms with Crippen molar-refractivity contribution in [1.29, 1.82) is 0 Å². The number of benzene rings is 2. The molecule has 0 saturated heterocycles. The second-order valence-electron chi connectivity index (χ2n) is 6.28. The summed E-state index contributed by atoms with van der Waals surface area (Å²) < 4.78 is 10.9. The Morgan fingerprint density at radius 2 is 1.93 bits per heavy atom. The Labute approximate surface area is 164 Å². The number of allylic oxidation sites excluding steroid dienone is 1. The van der Waals surface area contributed by atoms with Crippen molar-refractivity contribution in [2.24, 2.45) is 0 Å². The molecule has 0 aliphatic carbocycles. The van der Waals surface area contributed by atoms with Crippen molar-refractivity contribution in [2.45, 2.75) is 19.6 Å². The van der Waals surface area contributed by atoms with Gasteiger partial charge in [0.2, 0.25) is 0 Å². The molecule has 1 aliphatic rings. The molecule has 1 atom stereocenters. The van der Waals surface area contributed by atoms with Crippen LogP contribution in [0.15, 0.2) is 65.9 Å². The van der Waals surface area contributed by atoms with Gasteiger partial charge in [-0.25, -0.2) is 4.79 Å². The summed E-state index contributed by atoms with van der Waals surface area (Å²) in [6.07, 6.45) is 0. The van der Waals surface area contributed by atoms with E-state index in [1.54, 1.807) is 4.90 Å². The maximum absolute atomic E-state index is 12.4. The van der Waals surface area contributed by atoms with Gasteiger partial charge in [0.25, 0.3) is 0 Å². The van der Waals surface area contributed by atoms with Crippen LogP contribution in [-0.4, -0.2) is 30.1 Å². The summed E-state index contributed by atoms with van der Waals surface area (Å²) in [6.45, 7) is 2.34. The van der Waals surface area contributed by atoms with Crippen molar-refractivity contribution in [2.75, 3.05) is 14.2 Å². The van der Waals surface area contributed by atoms with E-state index in [2.05, 4.69) is 5.32 Å². The predicted molar refractivity (Wildman–Crippen MR) is 108 cm³/mol. The van der Waals surface area contributed by atoms with Gasteiger partial charge >= 0.3 is 5.97 Å². The van der Waals surface area contributed by atoms with Gasteiger partial charge in [0, 0.05) is 12.7 Å². The Morgan fingerprint density at radius 3 is 2.63 bits per heavy atom. The topological polar surface area (TPSA) is 50.8 Å². The molecule has 1 aliphatic heterocycles. The number of nitrogens with zero attached hydrogens (tertiary/aromatic N) is 1. The molecule has 2 aromatic carbocycles. The standard InChI is InChI=1S/C21H22N2O3S/c1-14-18(20(24)25-3)19(22-21(27)23(14)2)16-10-7-11-17(12-16)26-13-15-8-5-4-6-9-15/h4-12,19H,13H2,1-3H3,(H,22,27). The molecule has 0 spiro atoms. The van der Waals surface area contributed by atoms with Gasteiger partial charge in [-0.15, -0.1) is 0 Å². The Bertz CT molecular complexity index is 880. The molecule has 140 valence electrons. The fraction of sp³-hybridized carbons (Fsp3) is 0.238. The van der Waals surface area contributed by atoms with E-state index >= 15 is 0 Å². The summed E-state index contributed by atoms with van der Waals surface area (Å²) in [5.41, 5.74) is 3.28. The number of hydrogen-bond acceptors (Lipinski definition) is 4. The molecule has 1 N–H and O–H groups in total. The van der Waals surface area contributed by atoms with E-state index in [1.807, 2.05) is 68.6 Å². The third-order valence-electron chi connectivity index (χ3n) is 4.60.